The Morgan fingerprint density at radius 1 is 1.46 bits per heavy atom. The predicted molar refractivity (Wildman–Crippen MR) is 54.4 cm³/mol. The molecule has 0 saturated heterocycles. The third kappa shape index (κ3) is 2.80. The second-order valence-corrected chi connectivity index (χ2v) is 5.25. The zero-order valence-electron chi connectivity index (χ0n) is 8.97. The molecule has 0 aliphatic heterocycles. The molecule has 1 atom stereocenters. The van der Waals surface area contributed by atoms with E-state index in [-0.39, 0.29) is 17.2 Å². The Labute approximate surface area is 80.9 Å². The second-order valence-electron chi connectivity index (χ2n) is 5.25. The largest absolute Gasteiger partial charge is 0.321 e. The minimum atomic E-state index is -0.275. The van der Waals surface area contributed by atoms with Crippen molar-refractivity contribution < 1.29 is 4.79 Å². The molecule has 1 aliphatic rings. The van der Waals surface area contributed by atoms with Crippen molar-refractivity contribution in [3.05, 3.63) is 0 Å². The van der Waals surface area contributed by atoms with Gasteiger partial charge < -0.3 is 5.73 Å². The first kappa shape index (κ1) is 10.7. The predicted octanol–water partition coefficient (Wildman–Crippen LogP) is 2.12. The number of carbonyl (C=O) groups is 1. The lowest BCUT2D eigenvalue weighted by atomic mass is 9.77. The average molecular weight is 183 g/mol. The number of carbonyl (C=O) groups excluding carboxylic acids is 1. The van der Waals surface area contributed by atoms with Crippen LogP contribution in [0.5, 0.6) is 0 Å². The van der Waals surface area contributed by atoms with Crippen LogP contribution in [0.2, 0.25) is 0 Å². The molecular weight excluding hydrogens is 162 g/mol. The summed E-state index contributed by atoms with van der Waals surface area (Å²) in [7, 11) is 0. The molecule has 1 aliphatic carbocycles. The van der Waals surface area contributed by atoms with Crippen LogP contribution in [0.15, 0.2) is 0 Å². The van der Waals surface area contributed by atoms with Crippen molar-refractivity contribution in [3.63, 3.8) is 0 Å². The van der Waals surface area contributed by atoms with Crippen LogP contribution in [-0.4, -0.2) is 11.8 Å². The summed E-state index contributed by atoms with van der Waals surface area (Å²) >= 11 is 0. The van der Waals surface area contributed by atoms with Crippen molar-refractivity contribution >= 4 is 5.78 Å². The molecule has 0 heterocycles. The Balaban J connectivity index is 2.37. The van der Waals surface area contributed by atoms with Crippen molar-refractivity contribution in [1.82, 2.24) is 0 Å². The molecule has 2 heteroatoms. The quantitative estimate of drug-likeness (QED) is 0.728. The van der Waals surface area contributed by atoms with Crippen molar-refractivity contribution in [1.29, 1.82) is 0 Å². The Morgan fingerprint density at radius 3 is 2.31 bits per heavy atom. The lowest BCUT2D eigenvalue weighted by Crippen LogP contribution is -2.41. The Morgan fingerprint density at radius 2 is 2.00 bits per heavy atom. The zero-order chi connectivity index (χ0) is 10.1. The minimum absolute atomic E-state index is 0.208. The number of nitrogens with two attached hydrogens (primary N) is 1. The highest BCUT2D eigenvalue weighted by Gasteiger charge is 2.30. The van der Waals surface area contributed by atoms with Crippen LogP contribution in [0, 0.1) is 11.3 Å². The summed E-state index contributed by atoms with van der Waals surface area (Å²) in [6, 6.07) is -0.231. The Kier molecular flexibility index (Phi) is 3.12. The van der Waals surface area contributed by atoms with Crippen molar-refractivity contribution in [3.8, 4) is 0 Å². The average Bonchev–Trinajstić information content (AvgIpc) is 1.93. The SMILES string of the molecule is CC(C)(C)C(=O)[C@H](N)CC1CCC1. The van der Waals surface area contributed by atoms with Gasteiger partial charge in [-0.1, -0.05) is 40.0 Å². The van der Waals surface area contributed by atoms with Crippen molar-refractivity contribution in [2.45, 2.75) is 52.5 Å². The molecule has 0 bridgehead atoms. The number of hydrogen-bond acceptors (Lipinski definition) is 2. The highest BCUT2D eigenvalue weighted by molar-refractivity contribution is 5.88. The molecule has 0 aromatic carbocycles. The van der Waals surface area contributed by atoms with Crippen LogP contribution in [0.1, 0.15) is 46.5 Å². The van der Waals surface area contributed by atoms with E-state index in [4.69, 9.17) is 5.73 Å². The number of hydrogen-bond donors (Lipinski definition) is 1. The van der Waals surface area contributed by atoms with E-state index in [1.54, 1.807) is 0 Å². The standard InChI is InChI=1S/C11H21NO/c1-11(2,3)10(13)9(12)7-8-5-4-6-8/h8-9H,4-7,12H2,1-3H3/t9-/m1/s1. The molecule has 13 heavy (non-hydrogen) atoms. The molecule has 0 amide bonds. The molecule has 1 saturated carbocycles. The molecule has 0 aromatic rings. The van der Waals surface area contributed by atoms with Gasteiger partial charge in [-0.25, -0.2) is 0 Å². The first-order valence-electron chi connectivity index (χ1n) is 5.21. The molecule has 2 N–H and O–H groups in total. The van der Waals surface area contributed by atoms with E-state index in [0.717, 1.165) is 12.3 Å². The van der Waals surface area contributed by atoms with Crippen LogP contribution >= 0.6 is 0 Å². The minimum Gasteiger partial charge on any atom is -0.321 e. The first-order valence-corrected chi connectivity index (χ1v) is 5.21. The maximum absolute atomic E-state index is 11.7. The highest BCUT2D eigenvalue weighted by atomic mass is 16.1. The molecule has 0 spiro atoms. The maximum Gasteiger partial charge on any atom is 0.154 e. The van der Waals surface area contributed by atoms with Gasteiger partial charge in [0, 0.05) is 5.41 Å². The van der Waals surface area contributed by atoms with Gasteiger partial charge in [-0.15, -0.1) is 0 Å². The Hall–Kier alpha value is -0.370. The van der Waals surface area contributed by atoms with Crippen LogP contribution in [0.4, 0.5) is 0 Å². The summed E-state index contributed by atoms with van der Waals surface area (Å²) in [6.45, 7) is 5.82. The van der Waals surface area contributed by atoms with E-state index in [1.165, 1.54) is 19.3 Å². The second kappa shape index (κ2) is 3.79. The molecule has 0 radical (unpaired) electrons. The fourth-order valence-electron chi connectivity index (χ4n) is 1.75. The Bertz CT molecular complexity index is 189. The number of Topliss-reactive ketones (excluding diaryl/α,β-unsaturated/α-hetero) is 1. The normalized spacial score (nSPS) is 20.9. The lowest BCUT2D eigenvalue weighted by Gasteiger charge is -2.30. The summed E-state index contributed by atoms with van der Waals surface area (Å²) in [6.07, 6.45) is 4.76. The van der Waals surface area contributed by atoms with Crippen molar-refractivity contribution in [2.24, 2.45) is 17.1 Å². The summed E-state index contributed by atoms with van der Waals surface area (Å²) < 4.78 is 0. The van der Waals surface area contributed by atoms with Gasteiger partial charge in [0.2, 0.25) is 0 Å². The van der Waals surface area contributed by atoms with Gasteiger partial charge in [-0.3, -0.25) is 4.79 Å². The van der Waals surface area contributed by atoms with Gasteiger partial charge in [-0.2, -0.15) is 0 Å². The van der Waals surface area contributed by atoms with Crippen LogP contribution < -0.4 is 5.73 Å². The molecule has 0 unspecified atom stereocenters. The third-order valence-corrected chi connectivity index (χ3v) is 2.89. The molecule has 1 fully saturated rings. The van der Waals surface area contributed by atoms with Gasteiger partial charge in [0.15, 0.2) is 5.78 Å². The molecule has 2 nitrogen and oxygen atoms in total. The molecular formula is C11H21NO. The fourth-order valence-corrected chi connectivity index (χ4v) is 1.75. The summed E-state index contributed by atoms with van der Waals surface area (Å²) in [4.78, 5) is 11.7. The van der Waals surface area contributed by atoms with Gasteiger partial charge >= 0.3 is 0 Å². The van der Waals surface area contributed by atoms with E-state index in [0.29, 0.717) is 0 Å². The highest BCUT2D eigenvalue weighted by Crippen LogP contribution is 2.31. The van der Waals surface area contributed by atoms with Crippen LogP contribution in [-0.2, 0) is 4.79 Å². The van der Waals surface area contributed by atoms with Gasteiger partial charge in [0.1, 0.15) is 0 Å². The summed E-state index contributed by atoms with van der Waals surface area (Å²) in [5.74, 6) is 0.931. The smallest absolute Gasteiger partial charge is 0.154 e. The van der Waals surface area contributed by atoms with Gasteiger partial charge in [0.25, 0.3) is 0 Å². The lowest BCUT2D eigenvalue weighted by molar-refractivity contribution is -0.128. The summed E-state index contributed by atoms with van der Waals surface area (Å²) in [5, 5.41) is 0. The molecule has 0 aromatic heterocycles. The van der Waals surface area contributed by atoms with E-state index in [9.17, 15) is 4.79 Å². The first-order chi connectivity index (χ1) is 5.91. The van der Waals surface area contributed by atoms with E-state index in [2.05, 4.69) is 0 Å². The topological polar surface area (TPSA) is 43.1 Å². The van der Waals surface area contributed by atoms with Gasteiger partial charge in [0.05, 0.1) is 6.04 Å². The monoisotopic (exact) mass is 183 g/mol. The van der Waals surface area contributed by atoms with E-state index >= 15 is 0 Å². The van der Waals surface area contributed by atoms with Crippen molar-refractivity contribution in [2.75, 3.05) is 0 Å². The zero-order valence-corrected chi connectivity index (χ0v) is 8.97. The summed E-state index contributed by atoms with van der Waals surface area (Å²) in [5.41, 5.74) is 5.59. The molecule has 1 rings (SSSR count). The third-order valence-electron chi connectivity index (χ3n) is 2.89. The van der Waals surface area contributed by atoms with Crippen LogP contribution in [0.25, 0.3) is 0 Å². The van der Waals surface area contributed by atoms with Gasteiger partial charge in [-0.05, 0) is 12.3 Å². The maximum atomic E-state index is 11.7. The number of ketones is 1. The fraction of sp³-hybridized carbons (Fsp3) is 0.909. The van der Waals surface area contributed by atoms with E-state index < -0.39 is 0 Å². The van der Waals surface area contributed by atoms with Crippen LogP contribution in [0.3, 0.4) is 0 Å². The number of rotatable bonds is 3. The van der Waals surface area contributed by atoms with E-state index in [1.807, 2.05) is 20.8 Å². The molecule has 76 valence electrons.